The summed E-state index contributed by atoms with van der Waals surface area (Å²) in [5.41, 5.74) is 2.32. The molecule has 0 aliphatic carbocycles. The van der Waals surface area contributed by atoms with Crippen molar-refractivity contribution in [2.45, 2.75) is 13.8 Å². The van der Waals surface area contributed by atoms with E-state index in [0.29, 0.717) is 18.8 Å². The molecule has 0 aliphatic heterocycles. The maximum Gasteiger partial charge on any atom is 0.273 e. The summed E-state index contributed by atoms with van der Waals surface area (Å²) in [5, 5.41) is 0. The van der Waals surface area contributed by atoms with Gasteiger partial charge in [-0.05, 0) is 26.0 Å². The topological polar surface area (TPSA) is 55.3 Å². The summed E-state index contributed by atoms with van der Waals surface area (Å²) in [6.07, 6.45) is 3.08. The van der Waals surface area contributed by atoms with Crippen LogP contribution in [0.3, 0.4) is 0 Å². The fraction of sp³-hybridized carbons (Fsp3) is 0.312. The van der Waals surface area contributed by atoms with Gasteiger partial charge in [-0.15, -0.1) is 0 Å². The molecule has 110 valence electrons. The number of aromatic nitrogens is 2. The molecular weight excluding hydrogens is 266 g/mol. The number of amides is 1. The van der Waals surface area contributed by atoms with Crippen molar-refractivity contribution in [3.63, 3.8) is 0 Å². The van der Waals surface area contributed by atoms with E-state index in [0.717, 1.165) is 11.4 Å². The van der Waals surface area contributed by atoms with Crippen molar-refractivity contribution in [2.24, 2.45) is 0 Å². The van der Waals surface area contributed by atoms with Crippen molar-refractivity contribution in [1.82, 2.24) is 14.9 Å². The zero-order valence-corrected chi connectivity index (χ0v) is 12.5. The van der Waals surface area contributed by atoms with Crippen LogP contribution in [0.4, 0.5) is 0 Å². The Morgan fingerprint density at radius 2 is 1.86 bits per heavy atom. The van der Waals surface area contributed by atoms with Crippen molar-refractivity contribution >= 4 is 5.91 Å². The Morgan fingerprint density at radius 3 is 2.48 bits per heavy atom. The van der Waals surface area contributed by atoms with Crippen LogP contribution in [0.25, 0.3) is 0 Å². The molecule has 0 N–H and O–H groups in total. The highest BCUT2D eigenvalue weighted by molar-refractivity contribution is 5.91. The van der Waals surface area contributed by atoms with Crippen molar-refractivity contribution < 1.29 is 9.53 Å². The maximum absolute atomic E-state index is 12.1. The Hall–Kier alpha value is -2.43. The van der Waals surface area contributed by atoms with Crippen molar-refractivity contribution in [2.75, 3.05) is 20.2 Å². The van der Waals surface area contributed by atoms with Crippen LogP contribution in [-0.2, 0) is 0 Å². The number of hydrogen-bond donors (Lipinski definition) is 0. The molecule has 1 aromatic carbocycles. The van der Waals surface area contributed by atoms with E-state index in [2.05, 4.69) is 9.97 Å². The van der Waals surface area contributed by atoms with Gasteiger partial charge in [0.15, 0.2) is 0 Å². The molecule has 2 aromatic rings. The molecule has 0 atom stereocenters. The minimum atomic E-state index is -0.157. The zero-order valence-electron chi connectivity index (χ0n) is 12.5. The summed E-state index contributed by atoms with van der Waals surface area (Å²) in [5.74, 6) is 0.645. The minimum absolute atomic E-state index is 0.157. The smallest absolute Gasteiger partial charge is 0.273 e. The van der Waals surface area contributed by atoms with Crippen LogP contribution in [0, 0.1) is 13.8 Å². The van der Waals surface area contributed by atoms with Crippen LogP contribution in [0.5, 0.6) is 5.75 Å². The monoisotopic (exact) mass is 285 g/mol. The van der Waals surface area contributed by atoms with Gasteiger partial charge in [-0.2, -0.15) is 0 Å². The van der Waals surface area contributed by atoms with Crippen LogP contribution in [0.1, 0.15) is 21.7 Å². The molecule has 0 radical (unpaired) electrons. The van der Waals surface area contributed by atoms with E-state index in [1.165, 1.54) is 11.8 Å². The number of carbonyl (C=O) groups is 1. The van der Waals surface area contributed by atoms with Gasteiger partial charge < -0.3 is 9.64 Å². The van der Waals surface area contributed by atoms with E-state index in [-0.39, 0.29) is 5.91 Å². The van der Waals surface area contributed by atoms with E-state index < -0.39 is 0 Å². The van der Waals surface area contributed by atoms with Gasteiger partial charge in [-0.1, -0.05) is 17.7 Å². The van der Waals surface area contributed by atoms with Gasteiger partial charge in [0.05, 0.1) is 18.4 Å². The Labute approximate surface area is 124 Å². The molecule has 0 saturated heterocycles. The summed E-state index contributed by atoms with van der Waals surface area (Å²) >= 11 is 0. The molecule has 2 rings (SSSR count). The third-order valence-corrected chi connectivity index (χ3v) is 3.06. The number of nitrogens with zero attached hydrogens (tertiary/aromatic N) is 3. The lowest BCUT2D eigenvalue weighted by Crippen LogP contribution is -2.31. The average molecular weight is 285 g/mol. The first-order chi connectivity index (χ1) is 10.1. The molecule has 0 fully saturated rings. The van der Waals surface area contributed by atoms with Crippen LogP contribution < -0.4 is 4.74 Å². The van der Waals surface area contributed by atoms with Crippen molar-refractivity contribution in [3.05, 3.63) is 53.6 Å². The van der Waals surface area contributed by atoms with Crippen LogP contribution in [0.2, 0.25) is 0 Å². The fourth-order valence-electron chi connectivity index (χ4n) is 1.74. The molecule has 0 spiro atoms. The van der Waals surface area contributed by atoms with Crippen LogP contribution in [0.15, 0.2) is 36.7 Å². The SMILES string of the molecule is Cc1ccc(OCCN(C)C(=O)c2cnc(C)cn2)cc1. The Morgan fingerprint density at radius 1 is 1.14 bits per heavy atom. The van der Waals surface area contributed by atoms with Gasteiger partial charge in [0.25, 0.3) is 5.91 Å². The summed E-state index contributed by atoms with van der Waals surface area (Å²) in [6, 6.07) is 7.82. The number of benzene rings is 1. The Kier molecular flexibility index (Phi) is 4.87. The first kappa shape index (κ1) is 15.0. The molecule has 0 unspecified atom stereocenters. The maximum atomic E-state index is 12.1. The van der Waals surface area contributed by atoms with Gasteiger partial charge in [-0.3, -0.25) is 9.78 Å². The molecule has 0 bridgehead atoms. The van der Waals surface area contributed by atoms with Crippen molar-refractivity contribution in [3.8, 4) is 5.75 Å². The molecule has 5 nitrogen and oxygen atoms in total. The number of rotatable bonds is 5. The fourth-order valence-corrected chi connectivity index (χ4v) is 1.74. The number of hydrogen-bond acceptors (Lipinski definition) is 4. The lowest BCUT2D eigenvalue weighted by atomic mass is 10.2. The molecule has 5 heteroatoms. The lowest BCUT2D eigenvalue weighted by Gasteiger charge is -2.17. The first-order valence-corrected chi connectivity index (χ1v) is 6.80. The van der Waals surface area contributed by atoms with E-state index in [1.54, 1.807) is 18.1 Å². The molecule has 0 saturated carbocycles. The molecule has 1 aromatic heterocycles. The second kappa shape index (κ2) is 6.83. The van der Waals surface area contributed by atoms with E-state index in [1.807, 2.05) is 38.1 Å². The highest BCUT2D eigenvalue weighted by Gasteiger charge is 2.13. The second-order valence-corrected chi connectivity index (χ2v) is 4.93. The lowest BCUT2D eigenvalue weighted by molar-refractivity contribution is 0.0767. The zero-order chi connectivity index (χ0) is 15.2. The predicted molar refractivity (Wildman–Crippen MR) is 80.4 cm³/mol. The number of likely N-dealkylation sites (N-methyl/N-ethyl adjacent to an activating group) is 1. The van der Waals surface area contributed by atoms with E-state index >= 15 is 0 Å². The molecular formula is C16H19N3O2. The molecule has 1 heterocycles. The number of aryl methyl sites for hydroxylation is 2. The Balaban J connectivity index is 1.83. The first-order valence-electron chi connectivity index (χ1n) is 6.80. The highest BCUT2D eigenvalue weighted by atomic mass is 16.5. The van der Waals surface area contributed by atoms with Crippen molar-refractivity contribution in [1.29, 1.82) is 0 Å². The van der Waals surface area contributed by atoms with Gasteiger partial charge in [-0.25, -0.2) is 4.98 Å². The predicted octanol–water partition coefficient (Wildman–Crippen LogP) is 2.24. The van der Waals surface area contributed by atoms with Crippen LogP contribution >= 0.6 is 0 Å². The quantitative estimate of drug-likeness (QED) is 0.845. The van der Waals surface area contributed by atoms with Crippen LogP contribution in [-0.4, -0.2) is 41.0 Å². The van der Waals surface area contributed by atoms with Gasteiger partial charge in [0.1, 0.15) is 18.1 Å². The molecule has 0 aliphatic rings. The standard InChI is InChI=1S/C16H19N3O2/c1-12-4-6-14(7-5-12)21-9-8-19(3)16(20)15-11-17-13(2)10-18-15/h4-7,10-11H,8-9H2,1-3H3. The summed E-state index contributed by atoms with van der Waals surface area (Å²) < 4.78 is 5.61. The molecule has 1 amide bonds. The number of ether oxygens (including phenoxy) is 1. The van der Waals surface area contributed by atoms with E-state index in [4.69, 9.17) is 4.74 Å². The van der Waals surface area contributed by atoms with E-state index in [9.17, 15) is 4.79 Å². The largest absolute Gasteiger partial charge is 0.492 e. The molecule has 21 heavy (non-hydrogen) atoms. The third-order valence-electron chi connectivity index (χ3n) is 3.06. The average Bonchev–Trinajstić information content (AvgIpc) is 2.49. The Bertz CT molecular complexity index is 594. The van der Waals surface area contributed by atoms with Gasteiger partial charge in [0.2, 0.25) is 0 Å². The van der Waals surface area contributed by atoms with Gasteiger partial charge in [0, 0.05) is 13.2 Å². The minimum Gasteiger partial charge on any atom is -0.492 e. The van der Waals surface area contributed by atoms with Gasteiger partial charge >= 0.3 is 0 Å². The summed E-state index contributed by atoms with van der Waals surface area (Å²) in [6.45, 7) is 4.78. The summed E-state index contributed by atoms with van der Waals surface area (Å²) in [4.78, 5) is 21.8. The second-order valence-electron chi connectivity index (χ2n) is 4.93. The normalized spacial score (nSPS) is 10.2. The third kappa shape index (κ3) is 4.27. The highest BCUT2D eigenvalue weighted by Crippen LogP contribution is 2.11. The number of carbonyl (C=O) groups excluding carboxylic acids is 1. The summed E-state index contributed by atoms with van der Waals surface area (Å²) in [7, 11) is 1.72.